The van der Waals surface area contributed by atoms with Crippen molar-refractivity contribution in [1.82, 2.24) is 5.32 Å². The average molecular weight is 213 g/mol. The zero-order chi connectivity index (χ0) is 11.5. The molecule has 0 aromatic carbocycles. The molecule has 3 heteroatoms. The predicted octanol–water partition coefficient (Wildman–Crippen LogP) is 2.44. The van der Waals surface area contributed by atoms with E-state index in [9.17, 15) is 9.59 Å². The van der Waals surface area contributed by atoms with Gasteiger partial charge in [-0.05, 0) is 6.42 Å². The first-order valence-electron chi connectivity index (χ1n) is 5.93. The van der Waals surface area contributed by atoms with Crippen molar-refractivity contribution in [3.05, 3.63) is 0 Å². The number of nitrogens with one attached hydrogen (secondary N) is 1. The van der Waals surface area contributed by atoms with Crippen molar-refractivity contribution in [2.24, 2.45) is 0 Å². The summed E-state index contributed by atoms with van der Waals surface area (Å²) in [5.41, 5.74) is 0. The van der Waals surface area contributed by atoms with Crippen LogP contribution in [0.5, 0.6) is 0 Å². The highest BCUT2D eigenvalue weighted by Gasteiger charge is 2.01. The van der Waals surface area contributed by atoms with E-state index < -0.39 is 0 Å². The van der Waals surface area contributed by atoms with Gasteiger partial charge in [0.05, 0.1) is 6.54 Å². The molecule has 0 aliphatic rings. The summed E-state index contributed by atoms with van der Waals surface area (Å²) in [6.45, 7) is 3.82. The van der Waals surface area contributed by atoms with E-state index in [1.54, 1.807) is 0 Å². The average Bonchev–Trinajstić information content (AvgIpc) is 2.20. The van der Waals surface area contributed by atoms with E-state index >= 15 is 0 Å². The van der Waals surface area contributed by atoms with E-state index in [0.29, 0.717) is 6.42 Å². The summed E-state index contributed by atoms with van der Waals surface area (Å²) in [5.74, 6) is 0.00647. The summed E-state index contributed by atoms with van der Waals surface area (Å²) >= 11 is 0. The van der Waals surface area contributed by atoms with Gasteiger partial charge in [-0.15, -0.1) is 0 Å². The summed E-state index contributed by atoms with van der Waals surface area (Å²) < 4.78 is 0. The third kappa shape index (κ3) is 11.1. The second kappa shape index (κ2) is 9.69. The van der Waals surface area contributed by atoms with Crippen molar-refractivity contribution >= 4 is 11.7 Å². The lowest BCUT2D eigenvalue weighted by molar-refractivity contribution is -0.123. The van der Waals surface area contributed by atoms with Crippen molar-refractivity contribution in [2.75, 3.05) is 6.54 Å². The molecule has 1 N–H and O–H groups in total. The Balaban J connectivity index is 3.20. The van der Waals surface area contributed by atoms with Crippen molar-refractivity contribution < 1.29 is 9.59 Å². The normalized spacial score (nSPS) is 10.0. The molecule has 88 valence electrons. The summed E-state index contributed by atoms with van der Waals surface area (Å²) in [6.07, 6.45) is 7.74. The number of unbranched alkanes of at least 4 members (excludes halogenated alkanes) is 5. The molecule has 0 aliphatic carbocycles. The molecule has 3 nitrogen and oxygen atoms in total. The highest BCUT2D eigenvalue weighted by molar-refractivity contribution is 5.85. The van der Waals surface area contributed by atoms with Gasteiger partial charge in [-0.25, -0.2) is 0 Å². The molecular weight excluding hydrogens is 190 g/mol. The highest BCUT2D eigenvalue weighted by atomic mass is 16.2. The first-order chi connectivity index (χ1) is 7.16. The Kier molecular flexibility index (Phi) is 9.13. The fourth-order valence-electron chi connectivity index (χ4n) is 1.41. The topological polar surface area (TPSA) is 46.2 Å². The molecule has 0 aromatic heterocycles. The van der Waals surface area contributed by atoms with Gasteiger partial charge in [0, 0.05) is 13.3 Å². The highest BCUT2D eigenvalue weighted by Crippen LogP contribution is 2.06. The van der Waals surface area contributed by atoms with Crippen LogP contribution in [0.1, 0.15) is 58.8 Å². The van der Waals surface area contributed by atoms with Crippen LogP contribution in [-0.2, 0) is 9.59 Å². The molecule has 1 amide bonds. The minimum atomic E-state index is -0.133. The molecule has 0 saturated heterocycles. The van der Waals surface area contributed by atoms with Gasteiger partial charge >= 0.3 is 0 Å². The van der Waals surface area contributed by atoms with Crippen molar-refractivity contribution in [1.29, 1.82) is 0 Å². The van der Waals surface area contributed by atoms with Crippen LogP contribution in [0, 0.1) is 0 Å². The maximum Gasteiger partial charge on any atom is 0.217 e. The lowest BCUT2D eigenvalue weighted by Gasteiger charge is -2.02. The Bertz CT molecular complexity index is 190. The van der Waals surface area contributed by atoms with Crippen LogP contribution in [0.4, 0.5) is 0 Å². The molecule has 0 heterocycles. The number of amides is 1. The molecule has 0 atom stereocenters. The van der Waals surface area contributed by atoms with Crippen molar-refractivity contribution in [3.8, 4) is 0 Å². The van der Waals surface area contributed by atoms with Crippen LogP contribution in [-0.4, -0.2) is 18.2 Å². The molecule has 0 aromatic rings. The van der Waals surface area contributed by atoms with Gasteiger partial charge < -0.3 is 5.32 Å². The van der Waals surface area contributed by atoms with E-state index in [1.807, 2.05) is 0 Å². The molecule has 0 radical (unpaired) electrons. The van der Waals surface area contributed by atoms with Crippen molar-refractivity contribution in [3.63, 3.8) is 0 Å². The maximum atomic E-state index is 11.2. The Morgan fingerprint density at radius 3 is 2.20 bits per heavy atom. The van der Waals surface area contributed by atoms with Crippen LogP contribution in [0.25, 0.3) is 0 Å². The zero-order valence-corrected chi connectivity index (χ0v) is 9.97. The zero-order valence-electron chi connectivity index (χ0n) is 9.97. The summed E-state index contributed by atoms with van der Waals surface area (Å²) in [4.78, 5) is 21.8. The van der Waals surface area contributed by atoms with E-state index in [0.717, 1.165) is 12.8 Å². The van der Waals surface area contributed by atoms with E-state index in [1.165, 1.54) is 32.6 Å². The number of carbonyl (C=O) groups is 2. The molecule has 0 spiro atoms. The van der Waals surface area contributed by atoms with Crippen LogP contribution in [0.3, 0.4) is 0 Å². The Morgan fingerprint density at radius 2 is 1.60 bits per heavy atom. The van der Waals surface area contributed by atoms with Gasteiger partial charge in [-0.1, -0.05) is 39.0 Å². The van der Waals surface area contributed by atoms with Gasteiger partial charge in [0.15, 0.2) is 5.78 Å². The second-order valence-corrected chi connectivity index (χ2v) is 3.97. The van der Waals surface area contributed by atoms with Crippen LogP contribution in [0.15, 0.2) is 0 Å². The number of Topliss-reactive ketones (excluding diaryl/α,β-unsaturated/α-hetero) is 1. The number of carbonyl (C=O) groups excluding carboxylic acids is 2. The molecule has 0 bridgehead atoms. The first kappa shape index (κ1) is 14.1. The van der Waals surface area contributed by atoms with E-state index in [-0.39, 0.29) is 18.2 Å². The van der Waals surface area contributed by atoms with E-state index in [2.05, 4.69) is 12.2 Å². The van der Waals surface area contributed by atoms with Gasteiger partial charge in [0.1, 0.15) is 0 Å². The first-order valence-corrected chi connectivity index (χ1v) is 5.93. The minimum absolute atomic E-state index is 0.133. The number of rotatable bonds is 9. The monoisotopic (exact) mass is 213 g/mol. The largest absolute Gasteiger partial charge is 0.349 e. The molecule has 0 aliphatic heterocycles. The van der Waals surface area contributed by atoms with Gasteiger partial charge in [0.2, 0.25) is 5.91 Å². The lowest BCUT2D eigenvalue weighted by atomic mass is 10.1. The predicted molar refractivity (Wildman–Crippen MR) is 61.7 cm³/mol. The third-order valence-corrected chi connectivity index (χ3v) is 2.34. The smallest absolute Gasteiger partial charge is 0.217 e. The van der Waals surface area contributed by atoms with Gasteiger partial charge in [-0.3, -0.25) is 9.59 Å². The van der Waals surface area contributed by atoms with Gasteiger partial charge in [0.25, 0.3) is 0 Å². The number of ketones is 1. The third-order valence-electron chi connectivity index (χ3n) is 2.34. The standard InChI is InChI=1S/C12H23NO2/c1-3-4-5-6-7-8-9-12(15)10-13-11(2)14/h3-10H2,1-2H3,(H,13,14). The van der Waals surface area contributed by atoms with Crippen LogP contribution in [0.2, 0.25) is 0 Å². The molecule has 0 saturated carbocycles. The quantitative estimate of drug-likeness (QED) is 0.598. The molecule has 0 rings (SSSR count). The fourth-order valence-corrected chi connectivity index (χ4v) is 1.41. The summed E-state index contributed by atoms with van der Waals surface area (Å²) in [6, 6.07) is 0. The summed E-state index contributed by atoms with van der Waals surface area (Å²) in [7, 11) is 0. The lowest BCUT2D eigenvalue weighted by Crippen LogP contribution is -2.26. The Labute approximate surface area is 92.6 Å². The van der Waals surface area contributed by atoms with Gasteiger partial charge in [-0.2, -0.15) is 0 Å². The maximum absolute atomic E-state index is 11.2. The molecular formula is C12H23NO2. The number of hydrogen-bond acceptors (Lipinski definition) is 2. The molecule has 0 fully saturated rings. The Hall–Kier alpha value is -0.860. The fraction of sp³-hybridized carbons (Fsp3) is 0.833. The Morgan fingerprint density at radius 1 is 1.00 bits per heavy atom. The molecule has 0 unspecified atom stereocenters. The second-order valence-electron chi connectivity index (χ2n) is 3.97. The van der Waals surface area contributed by atoms with Crippen LogP contribution < -0.4 is 5.32 Å². The number of hydrogen-bond donors (Lipinski definition) is 1. The van der Waals surface area contributed by atoms with Crippen LogP contribution >= 0.6 is 0 Å². The van der Waals surface area contributed by atoms with Crippen molar-refractivity contribution in [2.45, 2.75) is 58.8 Å². The minimum Gasteiger partial charge on any atom is -0.349 e. The molecule has 15 heavy (non-hydrogen) atoms. The SMILES string of the molecule is CCCCCCCCC(=O)CNC(C)=O. The van der Waals surface area contributed by atoms with E-state index in [4.69, 9.17) is 0 Å². The summed E-state index contributed by atoms with van der Waals surface area (Å²) in [5, 5.41) is 2.52.